The molecule has 0 fully saturated rings. The van der Waals surface area contributed by atoms with Crippen LogP contribution in [-0.4, -0.2) is 30.6 Å². The Morgan fingerprint density at radius 3 is 2.38 bits per heavy atom. The highest BCUT2D eigenvalue weighted by molar-refractivity contribution is 6.77. The fourth-order valence-electron chi connectivity index (χ4n) is 1.70. The van der Waals surface area contributed by atoms with Crippen molar-refractivity contribution in [3.63, 3.8) is 0 Å². The summed E-state index contributed by atoms with van der Waals surface area (Å²) in [6.07, 6.45) is 2.38. The summed E-state index contributed by atoms with van der Waals surface area (Å²) in [6, 6.07) is 1.26. The van der Waals surface area contributed by atoms with Crippen LogP contribution in [0.4, 0.5) is 0 Å². The van der Waals surface area contributed by atoms with E-state index in [4.69, 9.17) is 8.85 Å². The first-order valence-electron chi connectivity index (χ1n) is 6.23. The van der Waals surface area contributed by atoms with E-state index in [0.29, 0.717) is 6.61 Å². The quantitative estimate of drug-likeness (QED) is 0.358. The molecule has 4 heteroatoms. The molecule has 0 atom stereocenters. The lowest BCUT2D eigenvalue weighted by Gasteiger charge is -2.25. The summed E-state index contributed by atoms with van der Waals surface area (Å²) >= 11 is 0. The molecule has 0 aromatic carbocycles. The van der Waals surface area contributed by atoms with Crippen molar-refractivity contribution in [1.29, 1.82) is 0 Å². The van der Waals surface area contributed by atoms with E-state index in [1.165, 1.54) is 12.5 Å². The lowest BCUT2D eigenvalue weighted by molar-refractivity contribution is 0.153. The molecule has 0 aliphatic carbocycles. The molecule has 0 aliphatic heterocycles. The van der Waals surface area contributed by atoms with Gasteiger partial charge in [-0.3, -0.25) is 0 Å². The van der Waals surface area contributed by atoms with Crippen molar-refractivity contribution in [1.82, 2.24) is 0 Å². The van der Waals surface area contributed by atoms with Crippen molar-refractivity contribution < 1.29 is 8.85 Å². The minimum Gasteiger partial charge on any atom is -0.458 e. The van der Waals surface area contributed by atoms with E-state index >= 15 is 0 Å². The van der Waals surface area contributed by atoms with Gasteiger partial charge in [-0.1, -0.05) is 18.6 Å². The van der Waals surface area contributed by atoms with Crippen molar-refractivity contribution in [3.05, 3.63) is 12.2 Å². The molecule has 0 unspecified atom stereocenters. The standard InChI is InChI=1S/C12H28O2Si2/c1-12(2)11-13-9-7-8-10-16(5,6)14-15(3)4/h15H,1,7-11H2,2-6H3. The Hall–Kier alpha value is 0.0938. The summed E-state index contributed by atoms with van der Waals surface area (Å²) in [6.45, 7) is 16.5. The molecule has 0 aliphatic rings. The zero-order chi connectivity index (χ0) is 12.6. The minimum atomic E-state index is -1.36. The van der Waals surface area contributed by atoms with Gasteiger partial charge in [0.15, 0.2) is 17.4 Å². The maximum Gasteiger partial charge on any atom is 0.173 e. The first-order valence-corrected chi connectivity index (χ1v) is 12.1. The molecular formula is C12H28O2Si2. The Morgan fingerprint density at radius 1 is 1.25 bits per heavy atom. The van der Waals surface area contributed by atoms with Gasteiger partial charge in [0.05, 0.1) is 6.61 Å². The van der Waals surface area contributed by atoms with Crippen LogP contribution >= 0.6 is 0 Å². The van der Waals surface area contributed by atoms with Crippen molar-refractivity contribution in [2.75, 3.05) is 13.2 Å². The summed E-state index contributed by atoms with van der Waals surface area (Å²) < 4.78 is 11.6. The van der Waals surface area contributed by atoms with E-state index in [1.807, 2.05) is 6.92 Å². The van der Waals surface area contributed by atoms with E-state index in [1.54, 1.807) is 0 Å². The highest BCUT2D eigenvalue weighted by Crippen LogP contribution is 2.16. The van der Waals surface area contributed by atoms with E-state index in [9.17, 15) is 0 Å². The highest BCUT2D eigenvalue weighted by Gasteiger charge is 2.22. The van der Waals surface area contributed by atoms with Crippen LogP contribution in [0.1, 0.15) is 19.8 Å². The third kappa shape index (κ3) is 10.6. The van der Waals surface area contributed by atoms with Gasteiger partial charge in [-0.25, -0.2) is 0 Å². The Balaban J connectivity index is 3.46. The fraction of sp³-hybridized carbons (Fsp3) is 0.833. The molecule has 0 N–H and O–H groups in total. The zero-order valence-electron chi connectivity index (χ0n) is 11.6. The molecule has 0 heterocycles. The second-order valence-corrected chi connectivity index (χ2v) is 12.5. The summed E-state index contributed by atoms with van der Waals surface area (Å²) in [5, 5.41) is 0. The maximum absolute atomic E-state index is 6.11. The lowest BCUT2D eigenvalue weighted by atomic mass is 10.3. The maximum atomic E-state index is 6.11. The number of hydrogen-bond acceptors (Lipinski definition) is 2. The van der Waals surface area contributed by atoms with Crippen molar-refractivity contribution in [2.45, 2.75) is 52.0 Å². The summed E-state index contributed by atoms with van der Waals surface area (Å²) in [5.74, 6) is 0. The molecule has 0 saturated heterocycles. The van der Waals surface area contributed by atoms with Crippen LogP contribution in [-0.2, 0) is 8.85 Å². The van der Waals surface area contributed by atoms with Gasteiger partial charge >= 0.3 is 0 Å². The first-order chi connectivity index (χ1) is 7.33. The molecule has 0 rings (SSSR count). The van der Waals surface area contributed by atoms with Gasteiger partial charge in [-0.15, -0.1) is 0 Å². The monoisotopic (exact) mass is 260 g/mol. The van der Waals surface area contributed by atoms with Crippen LogP contribution in [0.15, 0.2) is 12.2 Å². The van der Waals surface area contributed by atoms with Crippen LogP contribution in [0.25, 0.3) is 0 Å². The molecular weight excluding hydrogens is 232 g/mol. The number of ether oxygens (including phenoxy) is 1. The molecule has 96 valence electrons. The Bertz CT molecular complexity index is 203. The van der Waals surface area contributed by atoms with Gasteiger partial charge in [0.1, 0.15) is 0 Å². The van der Waals surface area contributed by atoms with E-state index < -0.39 is 17.4 Å². The van der Waals surface area contributed by atoms with E-state index in [2.05, 4.69) is 32.8 Å². The number of unbranched alkanes of at least 4 members (excludes halogenated alkanes) is 1. The Labute approximate surface area is 104 Å². The van der Waals surface area contributed by atoms with Gasteiger partial charge in [-0.2, -0.15) is 0 Å². The van der Waals surface area contributed by atoms with E-state index in [-0.39, 0.29) is 0 Å². The van der Waals surface area contributed by atoms with Gasteiger partial charge < -0.3 is 8.85 Å². The van der Waals surface area contributed by atoms with Crippen LogP contribution in [0.5, 0.6) is 0 Å². The Kier molecular flexibility index (Phi) is 8.27. The second-order valence-electron chi connectivity index (χ2n) is 5.39. The number of hydrogen-bond donors (Lipinski definition) is 0. The first kappa shape index (κ1) is 16.1. The zero-order valence-corrected chi connectivity index (χ0v) is 13.8. The SMILES string of the molecule is C=C(C)COCCCC[Si](C)(C)O[SiH](C)C. The van der Waals surface area contributed by atoms with Gasteiger partial charge in [0.25, 0.3) is 0 Å². The molecule has 2 nitrogen and oxygen atoms in total. The molecule has 0 aromatic heterocycles. The minimum absolute atomic E-state index is 0.705. The third-order valence-corrected chi connectivity index (χ3v) is 8.22. The van der Waals surface area contributed by atoms with Gasteiger partial charge in [-0.05, 0) is 45.6 Å². The summed E-state index contributed by atoms with van der Waals surface area (Å²) in [7, 11) is -2.21. The van der Waals surface area contributed by atoms with Crippen LogP contribution in [0.2, 0.25) is 32.2 Å². The van der Waals surface area contributed by atoms with Crippen LogP contribution in [0.3, 0.4) is 0 Å². The molecule has 0 spiro atoms. The van der Waals surface area contributed by atoms with Gasteiger partial charge in [0, 0.05) is 6.61 Å². The van der Waals surface area contributed by atoms with Crippen molar-refractivity contribution in [3.8, 4) is 0 Å². The predicted molar refractivity (Wildman–Crippen MR) is 77.1 cm³/mol. The Morgan fingerprint density at radius 2 is 1.88 bits per heavy atom. The third-order valence-electron chi connectivity index (χ3n) is 2.22. The van der Waals surface area contributed by atoms with Gasteiger partial charge in [0.2, 0.25) is 0 Å². The molecule has 16 heavy (non-hydrogen) atoms. The molecule has 0 radical (unpaired) electrons. The lowest BCUT2D eigenvalue weighted by Crippen LogP contribution is -2.35. The average molecular weight is 261 g/mol. The topological polar surface area (TPSA) is 18.5 Å². The highest BCUT2D eigenvalue weighted by atomic mass is 28.4. The molecule has 0 amide bonds. The largest absolute Gasteiger partial charge is 0.458 e. The summed E-state index contributed by atoms with van der Waals surface area (Å²) in [5.41, 5.74) is 1.10. The van der Waals surface area contributed by atoms with Crippen LogP contribution < -0.4 is 0 Å². The molecule has 0 saturated carbocycles. The average Bonchev–Trinajstić information content (AvgIpc) is 2.08. The van der Waals surface area contributed by atoms with Crippen LogP contribution in [0, 0.1) is 0 Å². The number of rotatable bonds is 9. The predicted octanol–water partition coefficient (Wildman–Crippen LogP) is 3.56. The normalized spacial score (nSPS) is 12.1. The fourth-order valence-corrected chi connectivity index (χ4v) is 8.38. The second kappa shape index (κ2) is 8.22. The molecule has 0 bridgehead atoms. The summed E-state index contributed by atoms with van der Waals surface area (Å²) in [4.78, 5) is 0. The smallest absolute Gasteiger partial charge is 0.173 e. The van der Waals surface area contributed by atoms with E-state index in [0.717, 1.165) is 18.6 Å². The van der Waals surface area contributed by atoms with Crippen molar-refractivity contribution >= 4 is 17.4 Å². The molecule has 0 aromatic rings. The van der Waals surface area contributed by atoms with Crippen molar-refractivity contribution in [2.24, 2.45) is 0 Å².